The van der Waals surface area contributed by atoms with E-state index in [2.05, 4.69) is 10.6 Å². The molecule has 0 bridgehead atoms. The van der Waals surface area contributed by atoms with E-state index in [4.69, 9.17) is 0 Å². The SMILES string of the molecule is CNC(=O)C1CC(C(C)=O)C(C(C)=O)CC1C(=O)NC. The van der Waals surface area contributed by atoms with Crippen molar-refractivity contribution in [1.82, 2.24) is 10.6 Å². The van der Waals surface area contributed by atoms with Crippen LogP contribution in [-0.4, -0.2) is 37.5 Å². The van der Waals surface area contributed by atoms with Crippen LogP contribution >= 0.6 is 0 Å². The molecule has 0 heterocycles. The maximum Gasteiger partial charge on any atom is 0.223 e. The van der Waals surface area contributed by atoms with E-state index in [1.54, 1.807) is 0 Å². The van der Waals surface area contributed by atoms with E-state index < -0.39 is 23.7 Å². The number of hydrogen-bond donors (Lipinski definition) is 2. The number of nitrogens with one attached hydrogen (secondary N) is 2. The summed E-state index contributed by atoms with van der Waals surface area (Å²) in [7, 11) is 3.01. The quantitative estimate of drug-likeness (QED) is 0.754. The third kappa shape index (κ3) is 3.23. The summed E-state index contributed by atoms with van der Waals surface area (Å²) in [6, 6.07) is 0. The topological polar surface area (TPSA) is 92.3 Å². The molecule has 6 heteroatoms. The van der Waals surface area contributed by atoms with Crippen molar-refractivity contribution in [3.63, 3.8) is 0 Å². The van der Waals surface area contributed by atoms with Crippen molar-refractivity contribution in [2.45, 2.75) is 26.7 Å². The predicted octanol–water partition coefficient (Wildman–Crippen LogP) is -0.0850. The summed E-state index contributed by atoms with van der Waals surface area (Å²) >= 11 is 0. The summed E-state index contributed by atoms with van der Waals surface area (Å²) in [5.74, 6) is -2.80. The third-order valence-electron chi connectivity index (χ3n) is 4.20. The molecule has 0 aromatic rings. The van der Waals surface area contributed by atoms with E-state index >= 15 is 0 Å². The van der Waals surface area contributed by atoms with Gasteiger partial charge in [-0.1, -0.05) is 0 Å². The normalized spacial score (nSPS) is 29.4. The van der Waals surface area contributed by atoms with Crippen LogP contribution in [0.15, 0.2) is 0 Å². The number of amides is 2. The number of hydrogen-bond acceptors (Lipinski definition) is 4. The minimum atomic E-state index is -0.565. The van der Waals surface area contributed by atoms with Gasteiger partial charge in [0, 0.05) is 25.9 Å². The monoisotopic (exact) mass is 282 g/mol. The average molecular weight is 282 g/mol. The van der Waals surface area contributed by atoms with Crippen molar-refractivity contribution in [3.8, 4) is 0 Å². The molecule has 2 amide bonds. The number of carbonyl (C=O) groups is 4. The molecular weight excluding hydrogens is 260 g/mol. The van der Waals surface area contributed by atoms with E-state index in [0.29, 0.717) is 0 Å². The van der Waals surface area contributed by atoms with Crippen LogP contribution in [-0.2, 0) is 19.2 Å². The van der Waals surface area contributed by atoms with Gasteiger partial charge in [0.15, 0.2) is 0 Å². The Kier molecular flexibility index (Phi) is 5.42. The van der Waals surface area contributed by atoms with E-state index in [0.717, 1.165) is 0 Å². The zero-order chi connectivity index (χ0) is 15.4. The van der Waals surface area contributed by atoms with Crippen LogP contribution in [0, 0.1) is 23.7 Å². The van der Waals surface area contributed by atoms with Gasteiger partial charge in [0.25, 0.3) is 0 Å². The predicted molar refractivity (Wildman–Crippen MR) is 72.7 cm³/mol. The smallest absolute Gasteiger partial charge is 0.223 e. The second-order valence-electron chi connectivity index (χ2n) is 5.35. The first-order valence-electron chi connectivity index (χ1n) is 6.77. The van der Waals surface area contributed by atoms with Crippen molar-refractivity contribution < 1.29 is 19.2 Å². The molecule has 1 rings (SSSR count). The van der Waals surface area contributed by atoms with Gasteiger partial charge in [0.2, 0.25) is 11.8 Å². The lowest BCUT2D eigenvalue weighted by Crippen LogP contribution is -2.48. The lowest BCUT2D eigenvalue weighted by Gasteiger charge is -2.37. The Morgan fingerprint density at radius 3 is 1.20 bits per heavy atom. The molecule has 1 aliphatic rings. The lowest BCUT2D eigenvalue weighted by atomic mass is 9.65. The highest BCUT2D eigenvalue weighted by atomic mass is 16.2. The Morgan fingerprint density at radius 2 is 1.00 bits per heavy atom. The van der Waals surface area contributed by atoms with Crippen molar-refractivity contribution in [2.24, 2.45) is 23.7 Å². The number of carbonyl (C=O) groups excluding carboxylic acids is 4. The average Bonchev–Trinajstić information content (AvgIpc) is 2.43. The maximum atomic E-state index is 12.0. The van der Waals surface area contributed by atoms with E-state index in [1.807, 2.05) is 0 Å². The van der Waals surface area contributed by atoms with Crippen molar-refractivity contribution in [1.29, 1.82) is 0 Å². The van der Waals surface area contributed by atoms with Gasteiger partial charge in [-0.15, -0.1) is 0 Å². The van der Waals surface area contributed by atoms with Gasteiger partial charge in [0.1, 0.15) is 11.6 Å². The van der Waals surface area contributed by atoms with Crippen molar-refractivity contribution in [2.75, 3.05) is 14.1 Å². The van der Waals surface area contributed by atoms with Gasteiger partial charge in [0.05, 0.1) is 11.8 Å². The molecule has 6 nitrogen and oxygen atoms in total. The van der Waals surface area contributed by atoms with Gasteiger partial charge >= 0.3 is 0 Å². The molecule has 2 N–H and O–H groups in total. The highest BCUT2D eigenvalue weighted by molar-refractivity contribution is 5.92. The van der Waals surface area contributed by atoms with E-state index in [-0.39, 0.29) is 36.2 Å². The summed E-state index contributed by atoms with van der Waals surface area (Å²) in [6.07, 6.45) is 0.495. The Labute approximate surface area is 118 Å². The summed E-state index contributed by atoms with van der Waals surface area (Å²) in [4.78, 5) is 47.4. The first-order valence-corrected chi connectivity index (χ1v) is 6.77. The molecule has 1 fully saturated rings. The largest absolute Gasteiger partial charge is 0.359 e. The van der Waals surface area contributed by atoms with Crippen LogP contribution in [0.25, 0.3) is 0 Å². The fourth-order valence-corrected chi connectivity index (χ4v) is 3.05. The third-order valence-corrected chi connectivity index (χ3v) is 4.20. The second kappa shape index (κ2) is 6.63. The number of ketones is 2. The Bertz CT molecular complexity index is 393. The molecule has 20 heavy (non-hydrogen) atoms. The van der Waals surface area contributed by atoms with Gasteiger partial charge in [-0.05, 0) is 26.7 Å². The molecule has 4 unspecified atom stereocenters. The zero-order valence-electron chi connectivity index (χ0n) is 12.4. The van der Waals surface area contributed by atoms with Gasteiger partial charge in [-0.3, -0.25) is 19.2 Å². The minimum absolute atomic E-state index is 0.102. The fraction of sp³-hybridized carbons (Fsp3) is 0.714. The van der Waals surface area contributed by atoms with E-state index in [9.17, 15) is 19.2 Å². The Hall–Kier alpha value is -1.72. The Morgan fingerprint density at radius 1 is 0.700 bits per heavy atom. The molecule has 0 saturated heterocycles. The molecule has 1 aliphatic carbocycles. The molecule has 0 radical (unpaired) electrons. The van der Waals surface area contributed by atoms with Crippen molar-refractivity contribution >= 4 is 23.4 Å². The highest BCUT2D eigenvalue weighted by Crippen LogP contribution is 2.39. The van der Waals surface area contributed by atoms with Crippen molar-refractivity contribution in [3.05, 3.63) is 0 Å². The molecular formula is C14H22N2O4. The molecule has 0 aromatic carbocycles. The minimum Gasteiger partial charge on any atom is -0.359 e. The first-order chi connectivity index (χ1) is 9.33. The summed E-state index contributed by atoms with van der Waals surface area (Å²) in [5.41, 5.74) is 0. The molecule has 112 valence electrons. The molecule has 4 atom stereocenters. The molecule has 0 aliphatic heterocycles. The summed E-state index contributed by atoms with van der Waals surface area (Å²) < 4.78 is 0. The molecule has 0 spiro atoms. The van der Waals surface area contributed by atoms with Crippen LogP contribution < -0.4 is 10.6 Å². The number of rotatable bonds is 4. The summed E-state index contributed by atoms with van der Waals surface area (Å²) in [6.45, 7) is 2.86. The van der Waals surface area contributed by atoms with E-state index in [1.165, 1.54) is 27.9 Å². The van der Waals surface area contributed by atoms with Gasteiger partial charge in [-0.25, -0.2) is 0 Å². The highest BCUT2D eigenvalue weighted by Gasteiger charge is 2.46. The van der Waals surface area contributed by atoms with Gasteiger partial charge < -0.3 is 10.6 Å². The maximum absolute atomic E-state index is 12.0. The molecule has 1 saturated carbocycles. The summed E-state index contributed by atoms with van der Waals surface area (Å²) in [5, 5.41) is 5.06. The van der Waals surface area contributed by atoms with Crippen LogP contribution in [0.3, 0.4) is 0 Å². The zero-order valence-corrected chi connectivity index (χ0v) is 12.4. The lowest BCUT2D eigenvalue weighted by molar-refractivity contribution is -0.144. The number of Topliss-reactive ketones (excluding diaryl/α,β-unsaturated/α-hetero) is 2. The second-order valence-corrected chi connectivity index (χ2v) is 5.35. The van der Waals surface area contributed by atoms with Crippen LogP contribution in [0.2, 0.25) is 0 Å². The van der Waals surface area contributed by atoms with Gasteiger partial charge in [-0.2, -0.15) is 0 Å². The Balaban J connectivity index is 3.10. The van der Waals surface area contributed by atoms with Crippen LogP contribution in [0.4, 0.5) is 0 Å². The van der Waals surface area contributed by atoms with Crippen LogP contribution in [0.1, 0.15) is 26.7 Å². The first kappa shape index (κ1) is 16.3. The van der Waals surface area contributed by atoms with Crippen LogP contribution in [0.5, 0.6) is 0 Å². The standard InChI is InChI=1S/C14H22N2O4/c1-7(17)9-5-11(13(19)15-3)12(14(20)16-4)6-10(9)8(2)18/h9-12H,5-6H2,1-4H3,(H,15,19)(H,16,20). The molecule has 0 aromatic heterocycles. The fourth-order valence-electron chi connectivity index (χ4n) is 3.05.